The minimum Gasteiger partial charge on any atom is -0.469 e. The summed E-state index contributed by atoms with van der Waals surface area (Å²) < 4.78 is 9.60. The lowest BCUT2D eigenvalue weighted by molar-refractivity contribution is -0.148. The van der Waals surface area contributed by atoms with Crippen molar-refractivity contribution < 1.29 is 23.9 Å². The lowest BCUT2D eigenvalue weighted by Gasteiger charge is -2.41. The van der Waals surface area contributed by atoms with Gasteiger partial charge < -0.3 is 19.4 Å². The Balaban J connectivity index is 1.94. The number of Topliss-reactive ketones (excluding diaryl/α,β-unsaturated/α-hetero) is 1. The number of hydrogen-bond donors (Lipinski definition) is 1. The predicted octanol–water partition coefficient (Wildman–Crippen LogP) is 1.42. The predicted molar refractivity (Wildman–Crippen MR) is 92.1 cm³/mol. The maximum Gasteiger partial charge on any atom is 0.343 e. The average Bonchev–Trinajstić information content (AvgIpc) is 3.17. The number of fused-ring (bicyclic) bond motifs is 5. The van der Waals surface area contributed by atoms with E-state index in [1.807, 2.05) is 24.3 Å². The van der Waals surface area contributed by atoms with Crippen molar-refractivity contribution in [2.75, 3.05) is 20.8 Å². The molecule has 134 valence electrons. The molecule has 7 heteroatoms. The number of esters is 2. The smallest absolute Gasteiger partial charge is 0.343 e. The number of methoxy groups -OCH3 is 2. The molecule has 1 N–H and O–H groups in total. The highest BCUT2D eigenvalue weighted by molar-refractivity contribution is 6.23. The Morgan fingerprint density at radius 2 is 2.00 bits per heavy atom. The van der Waals surface area contributed by atoms with Gasteiger partial charge in [-0.15, -0.1) is 0 Å². The van der Waals surface area contributed by atoms with E-state index in [-0.39, 0.29) is 12.0 Å². The molecule has 2 aromatic rings. The molecule has 0 aliphatic carbocycles. The third kappa shape index (κ3) is 2.03. The minimum absolute atomic E-state index is 0.0529. The number of para-hydroxylation sites is 1. The molecule has 0 bridgehead atoms. The Morgan fingerprint density at radius 1 is 1.23 bits per heavy atom. The van der Waals surface area contributed by atoms with Crippen LogP contribution in [0.2, 0.25) is 0 Å². The van der Waals surface area contributed by atoms with E-state index in [0.717, 1.165) is 16.5 Å². The van der Waals surface area contributed by atoms with E-state index in [9.17, 15) is 14.4 Å². The summed E-state index contributed by atoms with van der Waals surface area (Å²) in [6, 6.07) is 7.76. The monoisotopic (exact) mass is 354 g/mol. The van der Waals surface area contributed by atoms with Crippen molar-refractivity contribution in [1.29, 1.82) is 0 Å². The molecule has 2 aliphatic heterocycles. The van der Waals surface area contributed by atoms with E-state index < -0.39 is 23.3 Å². The summed E-state index contributed by atoms with van der Waals surface area (Å²) in [5.41, 5.74) is 1.18. The molecule has 2 aliphatic rings. The van der Waals surface area contributed by atoms with Crippen molar-refractivity contribution in [1.82, 2.24) is 9.88 Å². The number of ether oxygens (including phenoxy) is 2. The number of benzene rings is 1. The van der Waals surface area contributed by atoms with Crippen molar-refractivity contribution in [2.45, 2.75) is 18.4 Å². The zero-order valence-corrected chi connectivity index (χ0v) is 14.5. The number of nitrogens with zero attached hydrogens (tertiary/aromatic N) is 1. The molecule has 1 atom stereocenters. The maximum absolute atomic E-state index is 13.3. The van der Waals surface area contributed by atoms with Crippen LogP contribution >= 0.6 is 0 Å². The van der Waals surface area contributed by atoms with Gasteiger partial charge in [-0.05, 0) is 18.1 Å². The maximum atomic E-state index is 13.3. The Labute approximate surface area is 149 Å². The van der Waals surface area contributed by atoms with Gasteiger partial charge in [-0.1, -0.05) is 18.2 Å². The molecule has 4 rings (SSSR count). The highest BCUT2D eigenvalue weighted by atomic mass is 16.5. The van der Waals surface area contributed by atoms with E-state index >= 15 is 0 Å². The van der Waals surface area contributed by atoms with E-state index in [4.69, 9.17) is 9.47 Å². The molecule has 0 saturated carbocycles. The molecule has 0 amide bonds. The largest absolute Gasteiger partial charge is 0.469 e. The fourth-order valence-electron chi connectivity index (χ4n) is 4.04. The lowest BCUT2D eigenvalue weighted by atomic mass is 9.79. The van der Waals surface area contributed by atoms with E-state index in [1.165, 1.54) is 20.4 Å². The van der Waals surface area contributed by atoms with Crippen LogP contribution in [0.15, 0.2) is 36.0 Å². The Hall–Kier alpha value is -3.09. The highest BCUT2D eigenvalue weighted by Gasteiger charge is 2.57. The van der Waals surface area contributed by atoms with Crippen LogP contribution in [0, 0.1) is 0 Å². The van der Waals surface area contributed by atoms with Crippen LogP contribution in [0.1, 0.15) is 17.7 Å². The summed E-state index contributed by atoms with van der Waals surface area (Å²) in [5.74, 6) is -1.66. The molecule has 1 aromatic carbocycles. The topological polar surface area (TPSA) is 88.7 Å². The van der Waals surface area contributed by atoms with Crippen LogP contribution in [0.3, 0.4) is 0 Å². The first kappa shape index (κ1) is 16.4. The number of aromatic amines is 1. The number of carbonyl (C=O) groups excluding carboxylic acids is 3. The number of rotatable bonds is 3. The van der Waals surface area contributed by atoms with Gasteiger partial charge in [0.25, 0.3) is 0 Å². The second-order valence-electron chi connectivity index (χ2n) is 6.44. The molecule has 0 fully saturated rings. The van der Waals surface area contributed by atoms with Crippen LogP contribution < -0.4 is 0 Å². The molecular weight excluding hydrogens is 336 g/mol. The summed E-state index contributed by atoms with van der Waals surface area (Å²) >= 11 is 0. The van der Waals surface area contributed by atoms with Crippen LogP contribution in [0.25, 0.3) is 10.9 Å². The molecule has 0 radical (unpaired) electrons. The van der Waals surface area contributed by atoms with Gasteiger partial charge in [0.1, 0.15) is 5.57 Å². The Bertz CT molecular complexity index is 973. The van der Waals surface area contributed by atoms with Crippen LogP contribution in [0.4, 0.5) is 0 Å². The number of aromatic nitrogens is 1. The van der Waals surface area contributed by atoms with Crippen molar-refractivity contribution in [3.05, 3.63) is 47.3 Å². The van der Waals surface area contributed by atoms with Crippen LogP contribution in [-0.2, 0) is 35.8 Å². The van der Waals surface area contributed by atoms with Gasteiger partial charge in [-0.3, -0.25) is 9.59 Å². The SMILES string of the molecule is COC(=O)CC12C(=O)C(C(=O)OC)=CN1CCc1c2[nH]c2ccccc12. The third-order valence-electron chi connectivity index (χ3n) is 5.26. The fraction of sp³-hybridized carbons (Fsp3) is 0.316. The number of carbonyl (C=O) groups is 3. The molecule has 0 spiro atoms. The number of hydrogen-bond acceptors (Lipinski definition) is 6. The quantitative estimate of drug-likeness (QED) is 0.662. The number of nitrogens with one attached hydrogen (secondary N) is 1. The lowest BCUT2D eigenvalue weighted by Crippen LogP contribution is -2.51. The van der Waals surface area contributed by atoms with Gasteiger partial charge in [-0.2, -0.15) is 0 Å². The first-order chi connectivity index (χ1) is 12.5. The van der Waals surface area contributed by atoms with Crippen molar-refractivity contribution in [3.8, 4) is 0 Å². The Morgan fingerprint density at radius 3 is 2.73 bits per heavy atom. The molecule has 7 nitrogen and oxygen atoms in total. The first-order valence-electron chi connectivity index (χ1n) is 8.31. The molecule has 1 unspecified atom stereocenters. The molecular formula is C19H18N2O5. The summed E-state index contributed by atoms with van der Waals surface area (Å²) in [6.07, 6.45) is 2.02. The molecule has 1 aromatic heterocycles. The first-order valence-corrected chi connectivity index (χ1v) is 8.31. The second-order valence-corrected chi connectivity index (χ2v) is 6.44. The van der Waals surface area contributed by atoms with Crippen molar-refractivity contribution >= 4 is 28.6 Å². The molecule has 26 heavy (non-hydrogen) atoms. The second kappa shape index (κ2) is 5.72. The summed E-state index contributed by atoms with van der Waals surface area (Å²) in [7, 11) is 2.52. The van der Waals surface area contributed by atoms with Gasteiger partial charge >= 0.3 is 11.9 Å². The van der Waals surface area contributed by atoms with Gasteiger partial charge in [0.05, 0.1) is 26.3 Å². The third-order valence-corrected chi connectivity index (χ3v) is 5.26. The summed E-state index contributed by atoms with van der Waals surface area (Å²) in [4.78, 5) is 42.6. The summed E-state index contributed by atoms with van der Waals surface area (Å²) in [5, 5.41) is 1.02. The van der Waals surface area contributed by atoms with Gasteiger partial charge in [0.2, 0.25) is 5.78 Å². The van der Waals surface area contributed by atoms with E-state index in [1.54, 1.807) is 4.90 Å². The highest BCUT2D eigenvalue weighted by Crippen LogP contribution is 2.47. The zero-order valence-electron chi connectivity index (χ0n) is 14.5. The number of ketones is 1. The number of H-pyrrole nitrogens is 1. The standard InChI is InChI=1S/C19H18N2O5/c1-25-15(22)9-19-16-12(11-5-3-4-6-14(11)20-16)7-8-21(19)10-13(17(19)23)18(24)26-2/h3-6,10,20H,7-9H2,1-2H3. The normalized spacial score (nSPS) is 21.2. The van der Waals surface area contributed by atoms with Crippen molar-refractivity contribution in [2.24, 2.45) is 0 Å². The molecule has 0 saturated heterocycles. The van der Waals surface area contributed by atoms with Crippen molar-refractivity contribution in [3.63, 3.8) is 0 Å². The zero-order chi connectivity index (χ0) is 18.5. The summed E-state index contributed by atoms with van der Waals surface area (Å²) in [6.45, 7) is 0.512. The fourth-order valence-corrected chi connectivity index (χ4v) is 4.04. The van der Waals surface area contributed by atoms with Gasteiger partial charge in [0.15, 0.2) is 5.54 Å². The van der Waals surface area contributed by atoms with Gasteiger partial charge in [0, 0.05) is 23.6 Å². The van der Waals surface area contributed by atoms with Crippen LogP contribution in [0.5, 0.6) is 0 Å². The minimum atomic E-state index is -1.30. The van der Waals surface area contributed by atoms with Gasteiger partial charge in [-0.25, -0.2) is 4.79 Å². The van der Waals surface area contributed by atoms with E-state index in [0.29, 0.717) is 18.7 Å². The Kier molecular flexibility index (Phi) is 3.61. The van der Waals surface area contributed by atoms with Crippen LogP contribution in [-0.4, -0.2) is 48.4 Å². The van der Waals surface area contributed by atoms with E-state index in [2.05, 4.69) is 4.98 Å². The molecule has 3 heterocycles. The average molecular weight is 354 g/mol.